The number of carbonyl (C=O) groups is 2. The fourth-order valence-electron chi connectivity index (χ4n) is 2.84. The van der Waals surface area contributed by atoms with Crippen molar-refractivity contribution in [2.24, 2.45) is 5.92 Å². The van der Waals surface area contributed by atoms with E-state index >= 15 is 0 Å². The van der Waals surface area contributed by atoms with Gasteiger partial charge in [0.25, 0.3) is 0 Å². The van der Waals surface area contributed by atoms with Crippen molar-refractivity contribution in [1.29, 1.82) is 0 Å². The zero-order chi connectivity index (χ0) is 18.4. The van der Waals surface area contributed by atoms with Crippen LogP contribution in [-0.4, -0.2) is 54.5 Å². The molecule has 3 amide bonds. The quantitative estimate of drug-likeness (QED) is 0.619. The van der Waals surface area contributed by atoms with Crippen LogP contribution in [0.5, 0.6) is 0 Å². The Balaban J connectivity index is 2.00. The van der Waals surface area contributed by atoms with Gasteiger partial charge in [0.1, 0.15) is 6.17 Å². The number of nitrogens with one attached hydrogen (secondary N) is 2. The molecule has 1 aromatic rings. The van der Waals surface area contributed by atoms with Crippen molar-refractivity contribution in [2.45, 2.75) is 33.4 Å². The van der Waals surface area contributed by atoms with Gasteiger partial charge in [0.05, 0.1) is 32.3 Å². The first-order valence-corrected chi connectivity index (χ1v) is 8.64. The third-order valence-corrected chi connectivity index (χ3v) is 4.43. The molecule has 0 aromatic heterocycles. The lowest BCUT2D eigenvalue weighted by molar-refractivity contribution is -0.135. The predicted octanol–water partition coefficient (Wildman–Crippen LogP) is 1.49. The minimum atomic E-state index is -0.456. The highest BCUT2D eigenvalue weighted by Gasteiger charge is 2.38. The number of aliphatic hydroxyl groups is 1. The first kappa shape index (κ1) is 19.2. The second-order valence-corrected chi connectivity index (χ2v) is 6.18. The second kappa shape index (κ2) is 8.82. The Morgan fingerprint density at radius 2 is 2.08 bits per heavy atom. The second-order valence-electron chi connectivity index (χ2n) is 6.18. The Bertz CT molecular complexity index is 620. The molecule has 1 aliphatic heterocycles. The molecule has 0 aliphatic carbocycles. The maximum Gasteiger partial charge on any atom is 0.325 e. The van der Waals surface area contributed by atoms with E-state index in [0.29, 0.717) is 0 Å². The molecule has 3 N–H and O–H groups in total. The first-order chi connectivity index (χ1) is 12.0. The van der Waals surface area contributed by atoms with Crippen LogP contribution in [0.25, 0.3) is 0 Å². The number of hydrogen-bond acceptors (Lipinski definition) is 5. The Kier molecular flexibility index (Phi) is 6.78. The molecular formula is C18H27N3O4. The molecule has 2 unspecified atom stereocenters. The number of hydrogen-bond donors (Lipinski definition) is 3. The van der Waals surface area contributed by atoms with Crippen LogP contribution >= 0.6 is 0 Å². The van der Waals surface area contributed by atoms with E-state index in [-0.39, 0.29) is 32.3 Å². The average molecular weight is 349 g/mol. The van der Waals surface area contributed by atoms with Gasteiger partial charge in [-0.1, -0.05) is 13.0 Å². The lowest BCUT2D eigenvalue weighted by Gasteiger charge is -2.36. The van der Waals surface area contributed by atoms with Crippen LogP contribution in [0.15, 0.2) is 18.2 Å². The zero-order valence-electron chi connectivity index (χ0n) is 15.0. The molecule has 1 saturated heterocycles. The number of carbonyl (C=O) groups excluding carboxylic acids is 2. The summed E-state index contributed by atoms with van der Waals surface area (Å²) < 4.78 is 5.14. The van der Waals surface area contributed by atoms with Crippen LogP contribution in [0.2, 0.25) is 0 Å². The van der Waals surface area contributed by atoms with Crippen molar-refractivity contribution in [3.8, 4) is 0 Å². The van der Waals surface area contributed by atoms with Gasteiger partial charge >= 0.3 is 6.03 Å². The Labute approximate surface area is 148 Å². The summed E-state index contributed by atoms with van der Waals surface area (Å²) in [4.78, 5) is 25.9. The summed E-state index contributed by atoms with van der Waals surface area (Å²) in [6.07, 6.45) is 0.469. The molecule has 1 aliphatic rings. The normalized spacial score (nSPS) is 20.6. The van der Waals surface area contributed by atoms with Crippen molar-refractivity contribution in [1.82, 2.24) is 10.2 Å². The van der Waals surface area contributed by atoms with E-state index in [4.69, 9.17) is 9.84 Å². The molecule has 1 fully saturated rings. The van der Waals surface area contributed by atoms with Gasteiger partial charge < -0.3 is 20.5 Å². The lowest BCUT2D eigenvalue weighted by Crippen LogP contribution is -2.62. The van der Waals surface area contributed by atoms with Gasteiger partial charge in [0.15, 0.2) is 0 Å². The fourth-order valence-corrected chi connectivity index (χ4v) is 2.84. The van der Waals surface area contributed by atoms with Crippen LogP contribution < -0.4 is 10.6 Å². The van der Waals surface area contributed by atoms with Crippen molar-refractivity contribution in [3.05, 3.63) is 29.3 Å². The minimum absolute atomic E-state index is 0.0845. The highest BCUT2D eigenvalue weighted by atomic mass is 16.5. The number of urea groups is 1. The molecule has 0 radical (unpaired) electrons. The molecule has 2 rings (SSSR count). The molecule has 7 nitrogen and oxygen atoms in total. The molecule has 1 aromatic carbocycles. The molecule has 2 atom stereocenters. The molecule has 25 heavy (non-hydrogen) atoms. The fraction of sp³-hybridized carbons (Fsp3) is 0.556. The number of imide groups is 1. The van der Waals surface area contributed by atoms with Crippen LogP contribution in [0.4, 0.5) is 10.5 Å². The van der Waals surface area contributed by atoms with Crippen molar-refractivity contribution in [2.75, 3.05) is 31.7 Å². The van der Waals surface area contributed by atoms with Gasteiger partial charge in [-0.15, -0.1) is 0 Å². The van der Waals surface area contributed by atoms with Crippen LogP contribution in [0.1, 0.15) is 25.0 Å². The number of aryl methyl sites for hydroxylation is 2. The monoisotopic (exact) mass is 349 g/mol. The number of benzene rings is 1. The van der Waals surface area contributed by atoms with Crippen molar-refractivity contribution in [3.63, 3.8) is 0 Å². The Hall–Kier alpha value is -2.12. The van der Waals surface area contributed by atoms with Gasteiger partial charge in [-0.05, 0) is 43.5 Å². The molecule has 0 bridgehead atoms. The number of rotatable bonds is 8. The summed E-state index contributed by atoms with van der Waals surface area (Å²) in [6.45, 7) is 6.44. The summed E-state index contributed by atoms with van der Waals surface area (Å²) in [5, 5.41) is 14.8. The van der Waals surface area contributed by atoms with Gasteiger partial charge in [-0.3, -0.25) is 9.69 Å². The third-order valence-electron chi connectivity index (χ3n) is 4.43. The number of amides is 3. The summed E-state index contributed by atoms with van der Waals surface area (Å²) in [6, 6.07) is 5.60. The number of anilines is 1. The first-order valence-electron chi connectivity index (χ1n) is 8.64. The van der Waals surface area contributed by atoms with Gasteiger partial charge in [-0.25, -0.2) is 4.79 Å². The highest BCUT2D eigenvalue weighted by Crippen LogP contribution is 2.20. The summed E-state index contributed by atoms with van der Waals surface area (Å²) in [5.74, 6) is -0.640. The third kappa shape index (κ3) is 4.70. The molecule has 138 valence electrons. The lowest BCUT2D eigenvalue weighted by atomic mass is 10.0. The molecule has 0 spiro atoms. The number of aliphatic hydroxyl groups excluding tert-OH is 1. The maximum absolute atomic E-state index is 12.5. The zero-order valence-corrected chi connectivity index (χ0v) is 15.0. The van der Waals surface area contributed by atoms with E-state index in [1.54, 1.807) is 6.92 Å². The number of ether oxygens (including phenoxy) is 1. The van der Waals surface area contributed by atoms with E-state index < -0.39 is 18.1 Å². The maximum atomic E-state index is 12.5. The average Bonchev–Trinajstić information content (AvgIpc) is 2.60. The van der Waals surface area contributed by atoms with E-state index in [0.717, 1.165) is 17.0 Å². The van der Waals surface area contributed by atoms with Crippen molar-refractivity contribution >= 4 is 17.6 Å². The van der Waals surface area contributed by atoms with E-state index in [2.05, 4.69) is 24.5 Å². The highest BCUT2D eigenvalue weighted by molar-refractivity contribution is 5.98. The topological polar surface area (TPSA) is 90.9 Å². The molecular weight excluding hydrogens is 322 g/mol. The van der Waals surface area contributed by atoms with Gasteiger partial charge in [0, 0.05) is 5.69 Å². The minimum Gasteiger partial charge on any atom is -0.394 e. The van der Waals surface area contributed by atoms with E-state index in [9.17, 15) is 9.59 Å². The summed E-state index contributed by atoms with van der Waals surface area (Å²) in [5.41, 5.74) is 3.33. The standard InChI is InChI=1S/C18H27N3O4/c1-4-14-11-15(6-5-12(14)2)19-16-13(3)17(23)21(18(24)20-16)7-9-25-10-8-22/h5-6,11,13,16,19,22H,4,7-10H2,1-3H3,(H,20,24). The summed E-state index contributed by atoms with van der Waals surface area (Å²) in [7, 11) is 0. The Morgan fingerprint density at radius 1 is 1.32 bits per heavy atom. The molecule has 0 saturated carbocycles. The Morgan fingerprint density at radius 3 is 2.76 bits per heavy atom. The van der Waals surface area contributed by atoms with Crippen molar-refractivity contribution < 1.29 is 19.4 Å². The smallest absolute Gasteiger partial charge is 0.325 e. The predicted molar refractivity (Wildman–Crippen MR) is 95.3 cm³/mol. The van der Waals surface area contributed by atoms with Gasteiger partial charge in [-0.2, -0.15) is 0 Å². The number of nitrogens with zero attached hydrogens (tertiary/aromatic N) is 1. The SMILES string of the molecule is CCc1cc(NC2NC(=O)N(CCOCCO)C(=O)C2C)ccc1C. The largest absolute Gasteiger partial charge is 0.394 e. The van der Waals surface area contributed by atoms with E-state index in [1.807, 2.05) is 18.2 Å². The van der Waals surface area contributed by atoms with Crippen LogP contribution in [-0.2, 0) is 16.0 Å². The van der Waals surface area contributed by atoms with E-state index in [1.165, 1.54) is 11.1 Å². The van der Waals surface area contributed by atoms with Crippen LogP contribution in [0.3, 0.4) is 0 Å². The summed E-state index contributed by atoms with van der Waals surface area (Å²) >= 11 is 0. The molecule has 1 heterocycles. The molecule has 7 heteroatoms. The van der Waals surface area contributed by atoms with Gasteiger partial charge in [0.2, 0.25) is 5.91 Å². The van der Waals surface area contributed by atoms with Crippen LogP contribution in [0, 0.1) is 12.8 Å².